The highest BCUT2D eigenvalue weighted by atomic mass is 32.1. The number of carbonyl (C=O) groups is 3. The van der Waals surface area contributed by atoms with E-state index in [-0.39, 0.29) is 11.9 Å². The number of aliphatic carboxylic acids is 1. The van der Waals surface area contributed by atoms with Gasteiger partial charge in [0.25, 0.3) is 0 Å². The normalized spacial score (nSPS) is 21.9. The summed E-state index contributed by atoms with van der Waals surface area (Å²) in [6, 6.07) is 0. The smallest absolute Gasteiger partial charge is 0.341 e. The Balaban J connectivity index is 1.82. The largest absolute Gasteiger partial charge is 0.481 e. The van der Waals surface area contributed by atoms with Crippen molar-refractivity contribution in [2.24, 2.45) is 11.8 Å². The molecule has 0 spiro atoms. The summed E-state index contributed by atoms with van der Waals surface area (Å²) in [6.45, 7) is 2.28. The second kappa shape index (κ2) is 8.20. The number of ether oxygens (including phenoxy) is 1. The van der Waals surface area contributed by atoms with Gasteiger partial charge in [0.1, 0.15) is 5.00 Å². The average Bonchev–Trinajstić information content (AvgIpc) is 3.20. The molecule has 1 saturated carbocycles. The predicted molar refractivity (Wildman–Crippen MR) is 98.6 cm³/mol. The number of thiophene rings is 1. The van der Waals surface area contributed by atoms with E-state index in [1.165, 1.54) is 11.3 Å². The fourth-order valence-corrected chi connectivity index (χ4v) is 5.20. The van der Waals surface area contributed by atoms with E-state index in [4.69, 9.17) is 4.74 Å². The maximum atomic E-state index is 12.8. The fourth-order valence-electron chi connectivity index (χ4n) is 3.92. The van der Waals surface area contributed by atoms with Crippen LogP contribution in [0.4, 0.5) is 5.00 Å². The van der Waals surface area contributed by atoms with Crippen molar-refractivity contribution < 1.29 is 24.2 Å². The van der Waals surface area contributed by atoms with Gasteiger partial charge in [0.2, 0.25) is 5.91 Å². The number of fused-ring (bicyclic) bond motifs is 1. The van der Waals surface area contributed by atoms with E-state index in [0.29, 0.717) is 30.0 Å². The Morgan fingerprint density at radius 2 is 1.88 bits per heavy atom. The molecule has 0 aliphatic heterocycles. The Hall–Kier alpha value is -1.89. The topological polar surface area (TPSA) is 92.7 Å². The molecule has 2 aliphatic rings. The van der Waals surface area contributed by atoms with E-state index < -0.39 is 17.8 Å². The lowest BCUT2D eigenvalue weighted by molar-refractivity contribution is -0.147. The Kier molecular flexibility index (Phi) is 5.96. The summed E-state index contributed by atoms with van der Waals surface area (Å²) in [4.78, 5) is 37.9. The Morgan fingerprint density at radius 1 is 1.15 bits per heavy atom. The molecule has 1 aromatic heterocycles. The maximum Gasteiger partial charge on any atom is 0.341 e. The van der Waals surface area contributed by atoms with E-state index >= 15 is 0 Å². The molecular formula is C19H25NO5S. The summed E-state index contributed by atoms with van der Waals surface area (Å²) in [5, 5.41) is 12.8. The van der Waals surface area contributed by atoms with Crippen molar-refractivity contribution in [1.82, 2.24) is 0 Å². The highest BCUT2D eigenvalue weighted by molar-refractivity contribution is 7.17. The van der Waals surface area contributed by atoms with E-state index in [1.54, 1.807) is 0 Å². The van der Waals surface area contributed by atoms with Crippen molar-refractivity contribution in [2.75, 3.05) is 11.9 Å². The molecule has 0 radical (unpaired) electrons. The number of carbonyl (C=O) groups excluding carboxylic acids is 2. The lowest BCUT2D eigenvalue weighted by atomic mass is 9.79. The van der Waals surface area contributed by atoms with Crippen LogP contribution in [0.3, 0.4) is 0 Å². The van der Waals surface area contributed by atoms with Gasteiger partial charge in [0.15, 0.2) is 0 Å². The number of rotatable bonds is 6. The van der Waals surface area contributed by atoms with Crippen LogP contribution in [0.1, 0.15) is 66.2 Å². The fraction of sp³-hybridized carbons (Fsp3) is 0.632. The van der Waals surface area contributed by atoms with Crippen molar-refractivity contribution in [3.05, 3.63) is 16.0 Å². The standard InChI is InChI=1S/C19H25NO5S/c1-2-10-25-19(24)15-13-8-5-9-14(13)26-17(15)20-16(21)11-6-3-4-7-12(11)18(22)23/h11-12H,2-10H2,1H3,(H,20,21)(H,22,23)/t11-,12-/m1/s1. The zero-order valence-electron chi connectivity index (χ0n) is 15.0. The minimum Gasteiger partial charge on any atom is -0.481 e. The quantitative estimate of drug-likeness (QED) is 0.736. The first-order valence-corrected chi connectivity index (χ1v) is 10.2. The van der Waals surface area contributed by atoms with Gasteiger partial charge in [-0.15, -0.1) is 11.3 Å². The summed E-state index contributed by atoms with van der Waals surface area (Å²) in [5.41, 5.74) is 1.47. The third-order valence-electron chi connectivity index (χ3n) is 5.22. The molecule has 3 rings (SSSR count). The van der Waals surface area contributed by atoms with Gasteiger partial charge in [-0.1, -0.05) is 19.8 Å². The second-order valence-corrected chi connectivity index (χ2v) is 8.13. The highest BCUT2D eigenvalue weighted by Crippen LogP contribution is 2.40. The van der Waals surface area contributed by atoms with Crippen molar-refractivity contribution in [1.29, 1.82) is 0 Å². The lowest BCUT2D eigenvalue weighted by Crippen LogP contribution is -2.36. The molecule has 1 heterocycles. The van der Waals surface area contributed by atoms with Crippen molar-refractivity contribution in [3.63, 3.8) is 0 Å². The molecule has 26 heavy (non-hydrogen) atoms. The molecule has 2 aliphatic carbocycles. The highest BCUT2D eigenvalue weighted by Gasteiger charge is 2.37. The summed E-state index contributed by atoms with van der Waals surface area (Å²) >= 11 is 1.43. The number of esters is 1. The monoisotopic (exact) mass is 379 g/mol. The summed E-state index contributed by atoms with van der Waals surface area (Å²) in [6.07, 6.45) is 6.26. The van der Waals surface area contributed by atoms with E-state index in [1.807, 2.05) is 6.92 Å². The van der Waals surface area contributed by atoms with Crippen LogP contribution in [0.2, 0.25) is 0 Å². The lowest BCUT2D eigenvalue weighted by Gasteiger charge is -2.27. The Morgan fingerprint density at radius 3 is 2.58 bits per heavy atom. The van der Waals surface area contributed by atoms with E-state index in [9.17, 15) is 19.5 Å². The summed E-state index contributed by atoms with van der Waals surface area (Å²) in [5.74, 6) is -2.79. The molecule has 0 unspecified atom stereocenters. The van der Waals surface area contributed by atoms with Gasteiger partial charge in [-0.05, 0) is 44.1 Å². The van der Waals surface area contributed by atoms with Crippen LogP contribution < -0.4 is 5.32 Å². The average molecular weight is 379 g/mol. The molecule has 0 bridgehead atoms. The van der Waals surface area contributed by atoms with Crippen LogP contribution in [0.25, 0.3) is 0 Å². The SMILES string of the molecule is CCCOC(=O)c1c(NC(=O)[C@@H]2CCCC[C@H]2C(=O)O)sc2c1CCC2. The van der Waals surface area contributed by atoms with Gasteiger partial charge >= 0.3 is 11.9 Å². The Bertz CT molecular complexity index is 711. The van der Waals surface area contributed by atoms with E-state index in [2.05, 4.69) is 5.32 Å². The minimum absolute atomic E-state index is 0.290. The molecule has 0 aromatic carbocycles. The van der Waals surface area contributed by atoms with Crippen molar-refractivity contribution in [2.45, 2.75) is 58.3 Å². The molecule has 7 heteroatoms. The molecular weight excluding hydrogens is 354 g/mol. The number of carboxylic acids is 1. The zero-order chi connectivity index (χ0) is 18.7. The molecule has 0 saturated heterocycles. The van der Waals surface area contributed by atoms with Crippen LogP contribution in [-0.4, -0.2) is 29.6 Å². The molecule has 6 nitrogen and oxygen atoms in total. The van der Waals surface area contributed by atoms with Crippen LogP contribution >= 0.6 is 11.3 Å². The molecule has 142 valence electrons. The Labute approximate surface area is 156 Å². The first-order chi connectivity index (χ1) is 12.5. The van der Waals surface area contributed by atoms with Crippen LogP contribution in [0.15, 0.2) is 0 Å². The van der Waals surface area contributed by atoms with Gasteiger partial charge in [0.05, 0.1) is 24.0 Å². The van der Waals surface area contributed by atoms with Crippen molar-refractivity contribution >= 4 is 34.2 Å². The number of aryl methyl sites for hydroxylation is 1. The maximum absolute atomic E-state index is 12.8. The summed E-state index contributed by atoms with van der Waals surface area (Å²) in [7, 11) is 0. The molecule has 1 amide bonds. The number of anilines is 1. The first-order valence-electron chi connectivity index (χ1n) is 9.38. The summed E-state index contributed by atoms with van der Waals surface area (Å²) < 4.78 is 5.31. The number of amides is 1. The number of hydrogen-bond donors (Lipinski definition) is 2. The van der Waals surface area contributed by atoms with E-state index in [0.717, 1.165) is 49.0 Å². The minimum atomic E-state index is -0.916. The van der Waals surface area contributed by atoms with Crippen molar-refractivity contribution in [3.8, 4) is 0 Å². The van der Waals surface area contributed by atoms with Gasteiger partial charge in [0, 0.05) is 4.88 Å². The van der Waals surface area contributed by atoms with Crippen LogP contribution in [-0.2, 0) is 27.2 Å². The number of carboxylic acid groups (broad SMARTS) is 1. The van der Waals surface area contributed by atoms with Gasteiger partial charge < -0.3 is 15.2 Å². The van der Waals surface area contributed by atoms with Gasteiger partial charge in [-0.2, -0.15) is 0 Å². The predicted octanol–water partition coefficient (Wildman–Crippen LogP) is 3.63. The molecule has 2 atom stereocenters. The van der Waals surface area contributed by atoms with Gasteiger partial charge in [-0.3, -0.25) is 9.59 Å². The first kappa shape index (κ1) is 18.9. The number of nitrogens with one attached hydrogen (secondary N) is 1. The molecule has 1 fully saturated rings. The second-order valence-electron chi connectivity index (χ2n) is 7.02. The van der Waals surface area contributed by atoms with Gasteiger partial charge in [-0.25, -0.2) is 4.79 Å². The third kappa shape index (κ3) is 3.77. The molecule has 1 aromatic rings. The molecule has 2 N–H and O–H groups in total. The number of hydrogen-bond acceptors (Lipinski definition) is 5. The third-order valence-corrected chi connectivity index (χ3v) is 6.43. The zero-order valence-corrected chi connectivity index (χ0v) is 15.8. The van der Waals surface area contributed by atoms with Crippen LogP contribution in [0.5, 0.6) is 0 Å². The van der Waals surface area contributed by atoms with Crippen LogP contribution in [0, 0.1) is 11.8 Å².